The highest BCUT2D eigenvalue weighted by Gasteiger charge is 1.96. The first kappa shape index (κ1) is 8.08. The highest BCUT2D eigenvalue weighted by atomic mass is 16.5. The average Bonchev–Trinajstić information content (AvgIpc) is 1.85. The molecule has 0 fully saturated rings. The Morgan fingerprint density at radius 2 is 1.91 bits per heavy atom. The van der Waals surface area contributed by atoms with E-state index < -0.39 is 0 Å². The summed E-state index contributed by atoms with van der Waals surface area (Å²) in [5, 5.41) is 8.46. The minimum absolute atomic E-state index is 0.289. The van der Waals surface area contributed by atoms with Crippen molar-refractivity contribution in [1.29, 1.82) is 0 Å². The van der Waals surface area contributed by atoms with Crippen molar-refractivity contribution in [3.63, 3.8) is 0 Å². The monoisotopic (exact) mass is 151 g/mol. The summed E-state index contributed by atoms with van der Waals surface area (Å²) in [4.78, 5) is 4.15. The molecule has 0 spiro atoms. The first-order valence-electron chi connectivity index (χ1n) is 3.41. The molecule has 3 nitrogen and oxygen atoms in total. The predicted octanol–water partition coefficient (Wildman–Crippen LogP) is 0.336. The maximum Gasteiger partial charge on any atom is 0.504 e. The van der Waals surface area contributed by atoms with Crippen molar-refractivity contribution in [2.75, 3.05) is 0 Å². The van der Waals surface area contributed by atoms with Crippen LogP contribution in [0.2, 0.25) is 0 Å². The number of hydrogen-bond donors (Lipinski definition) is 1. The Morgan fingerprint density at radius 1 is 1.36 bits per heavy atom. The van der Waals surface area contributed by atoms with Crippen molar-refractivity contribution in [3.05, 3.63) is 23.5 Å². The van der Waals surface area contributed by atoms with Gasteiger partial charge in [-0.25, -0.2) is 0 Å². The van der Waals surface area contributed by atoms with Gasteiger partial charge in [-0.05, 0) is 26.0 Å². The second-order valence-electron chi connectivity index (χ2n) is 2.36. The molecule has 4 heteroatoms. The fourth-order valence-corrected chi connectivity index (χ4v) is 0.954. The molecule has 0 aromatic carbocycles. The minimum Gasteiger partial charge on any atom is -0.539 e. The number of nitrogens with zero attached hydrogens (tertiary/aromatic N) is 1. The molecule has 0 saturated heterocycles. The van der Waals surface area contributed by atoms with Gasteiger partial charge in [0.25, 0.3) is 0 Å². The predicted molar refractivity (Wildman–Crippen MR) is 43.7 cm³/mol. The highest BCUT2D eigenvalue weighted by molar-refractivity contribution is 6.17. The smallest absolute Gasteiger partial charge is 0.504 e. The van der Waals surface area contributed by atoms with Crippen LogP contribution in [-0.2, 0) is 0 Å². The summed E-state index contributed by atoms with van der Waals surface area (Å²) in [7, 11) is -0.289. The third-order valence-corrected chi connectivity index (χ3v) is 1.29. The largest absolute Gasteiger partial charge is 0.539 e. The summed E-state index contributed by atoms with van der Waals surface area (Å²) < 4.78 is 4.88. The summed E-state index contributed by atoms with van der Waals surface area (Å²) in [6, 6.07) is 3.56. The van der Waals surface area contributed by atoms with Crippen LogP contribution in [0.4, 0.5) is 0 Å². The quantitative estimate of drug-likeness (QED) is 0.619. The molecule has 0 saturated carbocycles. The van der Waals surface area contributed by atoms with Crippen molar-refractivity contribution < 1.29 is 9.68 Å². The van der Waals surface area contributed by atoms with Gasteiger partial charge in [0, 0.05) is 11.4 Å². The van der Waals surface area contributed by atoms with Gasteiger partial charge in [0.15, 0.2) is 0 Å². The van der Waals surface area contributed by atoms with Crippen LogP contribution in [0.3, 0.4) is 0 Å². The second-order valence-corrected chi connectivity index (χ2v) is 2.36. The van der Waals surface area contributed by atoms with E-state index in [1.165, 1.54) is 0 Å². The molecular formula is C7H10BNO2. The molecule has 0 aliphatic rings. The van der Waals surface area contributed by atoms with Crippen LogP contribution in [-0.4, -0.2) is 17.7 Å². The van der Waals surface area contributed by atoms with E-state index >= 15 is 0 Å². The summed E-state index contributed by atoms with van der Waals surface area (Å²) in [5.74, 6) is 0.664. The molecule has 1 N–H and O–H groups in total. The number of pyridine rings is 1. The molecule has 1 aromatic heterocycles. The van der Waals surface area contributed by atoms with Gasteiger partial charge in [-0.15, -0.1) is 0 Å². The summed E-state index contributed by atoms with van der Waals surface area (Å²) in [6.07, 6.45) is 0. The third kappa shape index (κ3) is 2.24. The van der Waals surface area contributed by atoms with Crippen LogP contribution < -0.4 is 4.65 Å². The van der Waals surface area contributed by atoms with Gasteiger partial charge in [-0.1, -0.05) is 0 Å². The van der Waals surface area contributed by atoms with Gasteiger partial charge in [0.2, 0.25) is 0 Å². The zero-order valence-electron chi connectivity index (χ0n) is 6.66. The van der Waals surface area contributed by atoms with E-state index in [0.717, 1.165) is 11.4 Å². The van der Waals surface area contributed by atoms with Gasteiger partial charge >= 0.3 is 7.69 Å². The molecule has 0 bridgehead atoms. The zero-order valence-corrected chi connectivity index (χ0v) is 6.66. The first-order chi connectivity index (χ1) is 5.22. The fourth-order valence-electron chi connectivity index (χ4n) is 0.954. The van der Waals surface area contributed by atoms with Crippen LogP contribution >= 0.6 is 0 Å². The molecule has 58 valence electrons. The van der Waals surface area contributed by atoms with Gasteiger partial charge < -0.3 is 9.68 Å². The molecule has 0 aliphatic carbocycles. The maximum absolute atomic E-state index is 8.46. The van der Waals surface area contributed by atoms with E-state index in [9.17, 15) is 0 Å². The summed E-state index contributed by atoms with van der Waals surface area (Å²) >= 11 is 0. The Hall–Kier alpha value is -1.03. The van der Waals surface area contributed by atoms with E-state index in [2.05, 4.69) is 4.98 Å². The molecule has 11 heavy (non-hydrogen) atoms. The van der Waals surface area contributed by atoms with Gasteiger partial charge in [-0.3, -0.25) is 4.98 Å². The summed E-state index contributed by atoms with van der Waals surface area (Å²) in [5.41, 5.74) is 1.79. The van der Waals surface area contributed by atoms with Crippen molar-refractivity contribution in [3.8, 4) is 5.75 Å². The minimum atomic E-state index is -0.289. The second kappa shape index (κ2) is 3.39. The van der Waals surface area contributed by atoms with E-state index in [0.29, 0.717) is 5.75 Å². The lowest BCUT2D eigenvalue weighted by molar-refractivity contribution is 0.453. The van der Waals surface area contributed by atoms with Crippen molar-refractivity contribution >= 4 is 7.69 Å². The molecule has 0 atom stereocenters. The van der Waals surface area contributed by atoms with Crippen molar-refractivity contribution in [1.82, 2.24) is 4.98 Å². The van der Waals surface area contributed by atoms with Crippen LogP contribution in [0.15, 0.2) is 12.1 Å². The molecule has 0 radical (unpaired) electrons. The Labute approximate surface area is 66.3 Å². The average molecular weight is 151 g/mol. The van der Waals surface area contributed by atoms with E-state index in [1.54, 1.807) is 12.1 Å². The lowest BCUT2D eigenvalue weighted by Gasteiger charge is -2.03. The SMILES string of the molecule is Cc1cc(OBO)cc(C)n1. The molecule has 1 aromatic rings. The van der Waals surface area contributed by atoms with Crippen molar-refractivity contribution in [2.45, 2.75) is 13.8 Å². The topological polar surface area (TPSA) is 42.4 Å². The Kier molecular flexibility index (Phi) is 2.49. The lowest BCUT2D eigenvalue weighted by atomic mass is 10.3. The van der Waals surface area contributed by atoms with Crippen molar-refractivity contribution in [2.24, 2.45) is 0 Å². The Morgan fingerprint density at radius 3 is 2.36 bits per heavy atom. The fraction of sp³-hybridized carbons (Fsp3) is 0.286. The number of rotatable bonds is 2. The van der Waals surface area contributed by atoms with Crippen LogP contribution in [0, 0.1) is 13.8 Å². The number of aromatic nitrogens is 1. The normalized spacial score (nSPS) is 9.36. The molecule has 1 heterocycles. The summed E-state index contributed by atoms with van der Waals surface area (Å²) in [6.45, 7) is 3.77. The van der Waals surface area contributed by atoms with Crippen LogP contribution in [0.1, 0.15) is 11.4 Å². The van der Waals surface area contributed by atoms with Gasteiger partial charge in [0.1, 0.15) is 5.75 Å². The lowest BCUT2D eigenvalue weighted by Crippen LogP contribution is -2.00. The molecule has 0 aliphatic heterocycles. The highest BCUT2D eigenvalue weighted by Crippen LogP contribution is 2.12. The van der Waals surface area contributed by atoms with E-state index in [4.69, 9.17) is 9.68 Å². The maximum atomic E-state index is 8.46. The Balaban J connectivity index is 2.89. The van der Waals surface area contributed by atoms with Gasteiger partial charge in [0.05, 0.1) is 0 Å². The standard InChI is InChI=1S/C7H10BNO2/c1-5-3-7(11-8-10)4-6(2)9-5/h3-4,8,10H,1-2H3. The number of aryl methyl sites for hydroxylation is 2. The van der Waals surface area contributed by atoms with Gasteiger partial charge in [-0.2, -0.15) is 0 Å². The molecular weight excluding hydrogens is 141 g/mol. The molecule has 0 amide bonds. The van der Waals surface area contributed by atoms with E-state index in [1.807, 2.05) is 13.8 Å². The third-order valence-electron chi connectivity index (χ3n) is 1.29. The molecule has 0 unspecified atom stereocenters. The van der Waals surface area contributed by atoms with Crippen LogP contribution in [0.5, 0.6) is 5.75 Å². The number of hydrogen-bond acceptors (Lipinski definition) is 3. The first-order valence-corrected chi connectivity index (χ1v) is 3.41. The Bertz CT molecular complexity index is 232. The van der Waals surface area contributed by atoms with E-state index in [-0.39, 0.29) is 7.69 Å². The zero-order chi connectivity index (χ0) is 8.27. The van der Waals surface area contributed by atoms with Crippen LogP contribution in [0.25, 0.3) is 0 Å². The molecule has 1 rings (SSSR count).